The monoisotopic (exact) mass is 479 g/mol. The first kappa shape index (κ1) is 27.7. The van der Waals surface area contributed by atoms with E-state index < -0.39 is 18.3 Å². The van der Waals surface area contributed by atoms with Crippen molar-refractivity contribution in [2.24, 2.45) is 0 Å². The summed E-state index contributed by atoms with van der Waals surface area (Å²) >= 11 is 0. The zero-order chi connectivity index (χ0) is 25.6. The molecule has 0 aliphatic carbocycles. The molecule has 0 bridgehead atoms. The van der Waals surface area contributed by atoms with Crippen molar-refractivity contribution >= 4 is 29.3 Å². The minimum Gasteiger partial charge on any atom is -0.399 e. The van der Waals surface area contributed by atoms with Gasteiger partial charge in [-0.2, -0.15) is 0 Å². The van der Waals surface area contributed by atoms with E-state index in [0.717, 1.165) is 47.7 Å². The third-order valence-electron chi connectivity index (χ3n) is 7.86. The van der Waals surface area contributed by atoms with Gasteiger partial charge in [-0.15, -0.1) is 0 Å². The Balaban J connectivity index is 1.91. The molecule has 0 atom stereocenters. The lowest BCUT2D eigenvalue weighted by molar-refractivity contribution is 0.00578. The smallest absolute Gasteiger partial charge is 0.399 e. The van der Waals surface area contributed by atoms with Gasteiger partial charge < -0.3 is 14.2 Å². The summed E-state index contributed by atoms with van der Waals surface area (Å²) in [6, 6.07) is 10.4. The molecule has 1 fully saturated rings. The summed E-state index contributed by atoms with van der Waals surface area (Å²) in [7, 11) is -0.438. The molecule has 192 valence electrons. The number of carbonyl (C=O) groups is 1. The molecule has 0 spiro atoms. The SMILES string of the molecule is CCCCCCN(CCCCCC)C(=O)c1ccc(C)c2ccc(B3OC(C)(C)C(C)(C)O3)cc12. The number of hydrogen-bond donors (Lipinski definition) is 0. The Hall–Kier alpha value is -1.85. The third kappa shape index (κ3) is 6.48. The van der Waals surface area contributed by atoms with Gasteiger partial charge in [-0.05, 0) is 75.3 Å². The molecule has 1 aliphatic rings. The summed E-state index contributed by atoms with van der Waals surface area (Å²) in [5, 5.41) is 2.11. The van der Waals surface area contributed by atoms with Gasteiger partial charge in [-0.25, -0.2) is 0 Å². The van der Waals surface area contributed by atoms with Crippen LogP contribution in [0.1, 0.15) is 109 Å². The molecule has 4 nitrogen and oxygen atoms in total. The molecule has 0 radical (unpaired) electrons. The average molecular weight is 480 g/mol. The summed E-state index contributed by atoms with van der Waals surface area (Å²) in [6.07, 6.45) is 9.34. The summed E-state index contributed by atoms with van der Waals surface area (Å²) in [4.78, 5) is 16.0. The van der Waals surface area contributed by atoms with Gasteiger partial charge in [0.25, 0.3) is 5.91 Å². The molecule has 0 unspecified atom stereocenters. The van der Waals surface area contributed by atoms with Crippen LogP contribution in [0.3, 0.4) is 0 Å². The minimum absolute atomic E-state index is 0.147. The zero-order valence-electron chi connectivity index (χ0n) is 23.2. The zero-order valence-corrected chi connectivity index (χ0v) is 23.2. The molecule has 1 saturated heterocycles. The van der Waals surface area contributed by atoms with Gasteiger partial charge in [0.05, 0.1) is 11.2 Å². The van der Waals surface area contributed by atoms with Crippen LogP contribution in [0.5, 0.6) is 0 Å². The van der Waals surface area contributed by atoms with E-state index in [0.29, 0.717) is 0 Å². The van der Waals surface area contributed by atoms with Crippen LogP contribution in [0.4, 0.5) is 0 Å². The number of hydrogen-bond acceptors (Lipinski definition) is 3. The normalized spacial score (nSPS) is 16.7. The molecule has 0 saturated carbocycles. The summed E-state index contributed by atoms with van der Waals surface area (Å²) in [5.41, 5.74) is 2.13. The Morgan fingerprint density at radius 1 is 0.800 bits per heavy atom. The highest BCUT2D eigenvalue weighted by Crippen LogP contribution is 2.37. The fraction of sp³-hybridized carbons (Fsp3) is 0.633. The number of fused-ring (bicyclic) bond motifs is 1. The number of aryl methyl sites for hydroxylation is 1. The van der Waals surface area contributed by atoms with Gasteiger partial charge in [0.1, 0.15) is 0 Å². The fourth-order valence-corrected chi connectivity index (χ4v) is 4.77. The van der Waals surface area contributed by atoms with Crippen molar-refractivity contribution in [3.05, 3.63) is 41.5 Å². The average Bonchev–Trinajstić information content (AvgIpc) is 3.04. The number of benzene rings is 2. The second-order valence-corrected chi connectivity index (χ2v) is 11.2. The number of amides is 1. The molecule has 0 N–H and O–H groups in total. The predicted octanol–water partition coefficient (Wildman–Crippen LogP) is 7.05. The van der Waals surface area contributed by atoms with Crippen molar-refractivity contribution in [2.75, 3.05) is 13.1 Å². The Bertz CT molecular complexity index is 973. The van der Waals surface area contributed by atoms with Crippen LogP contribution in [0.25, 0.3) is 10.8 Å². The van der Waals surface area contributed by atoms with Crippen molar-refractivity contribution in [3.63, 3.8) is 0 Å². The maximum atomic E-state index is 13.9. The molecule has 2 aromatic rings. The second kappa shape index (κ2) is 11.9. The first-order valence-corrected chi connectivity index (χ1v) is 13.8. The highest BCUT2D eigenvalue weighted by Gasteiger charge is 2.51. The molecule has 2 aromatic carbocycles. The van der Waals surface area contributed by atoms with Gasteiger partial charge in [-0.3, -0.25) is 4.79 Å². The lowest BCUT2D eigenvalue weighted by Gasteiger charge is -2.32. The first-order chi connectivity index (χ1) is 16.6. The Morgan fingerprint density at radius 2 is 1.37 bits per heavy atom. The Kier molecular flexibility index (Phi) is 9.45. The molecule has 1 aliphatic heterocycles. The van der Waals surface area contributed by atoms with E-state index in [9.17, 15) is 4.79 Å². The standard InChI is InChI=1S/C30H46BNO3/c1-8-10-12-14-20-32(21-15-13-11-9-2)28(33)26-18-16-23(3)25-19-17-24(22-27(25)26)31-34-29(4,5)30(6,7)35-31/h16-19,22H,8-15,20-21H2,1-7H3. The van der Waals surface area contributed by atoms with Crippen molar-refractivity contribution in [2.45, 2.75) is 111 Å². The van der Waals surface area contributed by atoms with Gasteiger partial charge in [0.2, 0.25) is 0 Å². The van der Waals surface area contributed by atoms with Crippen LogP contribution in [0.15, 0.2) is 30.3 Å². The maximum Gasteiger partial charge on any atom is 0.494 e. The quantitative estimate of drug-likeness (QED) is 0.242. The molecule has 0 aromatic heterocycles. The first-order valence-electron chi connectivity index (χ1n) is 13.8. The van der Waals surface area contributed by atoms with Crippen molar-refractivity contribution < 1.29 is 14.1 Å². The Labute approximate surface area is 213 Å². The van der Waals surface area contributed by atoms with Crippen LogP contribution in [0.2, 0.25) is 0 Å². The van der Waals surface area contributed by atoms with Crippen molar-refractivity contribution in [1.29, 1.82) is 0 Å². The van der Waals surface area contributed by atoms with Crippen LogP contribution < -0.4 is 5.46 Å². The summed E-state index contributed by atoms with van der Waals surface area (Å²) in [5.74, 6) is 0.147. The second-order valence-electron chi connectivity index (χ2n) is 11.2. The van der Waals surface area contributed by atoms with E-state index in [4.69, 9.17) is 9.31 Å². The molecular weight excluding hydrogens is 433 g/mol. The molecule has 1 amide bonds. The minimum atomic E-state index is -0.438. The van der Waals surface area contributed by atoms with Crippen LogP contribution in [-0.4, -0.2) is 42.2 Å². The number of unbranched alkanes of at least 4 members (excludes halogenated alkanes) is 6. The van der Waals surface area contributed by atoms with Gasteiger partial charge in [0.15, 0.2) is 0 Å². The van der Waals surface area contributed by atoms with Crippen molar-refractivity contribution in [1.82, 2.24) is 4.90 Å². The maximum absolute atomic E-state index is 13.9. The molecule has 5 heteroatoms. The van der Waals surface area contributed by atoms with E-state index in [2.05, 4.69) is 77.6 Å². The largest absolute Gasteiger partial charge is 0.494 e. The molecular formula is C30H46BNO3. The highest BCUT2D eigenvalue weighted by atomic mass is 16.7. The van der Waals surface area contributed by atoms with Crippen molar-refractivity contribution in [3.8, 4) is 0 Å². The van der Waals surface area contributed by atoms with E-state index in [1.165, 1.54) is 44.1 Å². The lowest BCUT2D eigenvalue weighted by atomic mass is 9.77. The van der Waals surface area contributed by atoms with Crippen LogP contribution in [0, 0.1) is 6.92 Å². The van der Waals surface area contributed by atoms with Crippen LogP contribution in [-0.2, 0) is 9.31 Å². The van der Waals surface area contributed by atoms with E-state index in [1.54, 1.807) is 0 Å². The van der Waals surface area contributed by atoms with Gasteiger partial charge in [0, 0.05) is 18.7 Å². The highest BCUT2D eigenvalue weighted by molar-refractivity contribution is 6.62. The fourth-order valence-electron chi connectivity index (χ4n) is 4.77. The van der Waals surface area contributed by atoms with Gasteiger partial charge in [-0.1, -0.05) is 76.6 Å². The van der Waals surface area contributed by atoms with Crippen LogP contribution >= 0.6 is 0 Å². The number of carbonyl (C=O) groups excluding carboxylic acids is 1. The van der Waals surface area contributed by atoms with E-state index in [1.807, 2.05) is 6.07 Å². The van der Waals surface area contributed by atoms with Gasteiger partial charge >= 0.3 is 7.12 Å². The number of nitrogens with zero attached hydrogens (tertiary/aromatic N) is 1. The van der Waals surface area contributed by atoms with E-state index in [-0.39, 0.29) is 5.91 Å². The van der Waals surface area contributed by atoms with E-state index >= 15 is 0 Å². The molecule has 3 rings (SSSR count). The summed E-state index contributed by atoms with van der Waals surface area (Å²) < 4.78 is 12.6. The third-order valence-corrected chi connectivity index (χ3v) is 7.86. The topological polar surface area (TPSA) is 38.8 Å². The summed E-state index contributed by atoms with van der Waals surface area (Å²) in [6.45, 7) is 16.5. The number of rotatable bonds is 12. The molecule has 1 heterocycles. The molecule has 35 heavy (non-hydrogen) atoms. The Morgan fingerprint density at radius 3 is 1.91 bits per heavy atom. The lowest BCUT2D eigenvalue weighted by Crippen LogP contribution is -2.41. The predicted molar refractivity (Wildman–Crippen MR) is 149 cm³/mol.